The van der Waals surface area contributed by atoms with Gasteiger partial charge in [-0.05, 0) is 37.1 Å². The van der Waals surface area contributed by atoms with Gasteiger partial charge in [0.05, 0.1) is 13.0 Å². The fourth-order valence-corrected chi connectivity index (χ4v) is 2.30. The van der Waals surface area contributed by atoms with Gasteiger partial charge in [0.25, 0.3) is 0 Å². The molecular formula is C15H20FN3O2. The third-order valence-corrected chi connectivity index (χ3v) is 3.41. The van der Waals surface area contributed by atoms with E-state index in [4.69, 9.17) is 0 Å². The molecule has 0 aromatic heterocycles. The summed E-state index contributed by atoms with van der Waals surface area (Å²) in [6.07, 6.45) is 2.26. The highest BCUT2D eigenvalue weighted by Crippen LogP contribution is 2.04. The van der Waals surface area contributed by atoms with Gasteiger partial charge in [0.2, 0.25) is 11.8 Å². The maximum atomic E-state index is 13.0. The molecule has 1 aromatic rings. The third kappa shape index (κ3) is 5.51. The number of amides is 2. The minimum Gasteiger partial charge on any atom is -0.353 e. The van der Waals surface area contributed by atoms with Crippen LogP contribution in [0, 0.1) is 5.82 Å². The van der Waals surface area contributed by atoms with Crippen LogP contribution in [0.15, 0.2) is 24.3 Å². The molecule has 0 aliphatic carbocycles. The molecule has 0 bridgehead atoms. The van der Waals surface area contributed by atoms with Crippen LogP contribution in [0.5, 0.6) is 0 Å². The van der Waals surface area contributed by atoms with Crippen LogP contribution in [-0.4, -0.2) is 37.5 Å². The number of halogens is 1. The molecule has 1 atom stereocenters. The summed E-state index contributed by atoms with van der Waals surface area (Å²) < 4.78 is 13.0. The zero-order chi connectivity index (χ0) is 15.1. The van der Waals surface area contributed by atoms with Gasteiger partial charge in [-0.25, -0.2) is 4.39 Å². The maximum Gasteiger partial charge on any atom is 0.239 e. The first-order valence-electron chi connectivity index (χ1n) is 7.15. The zero-order valence-electron chi connectivity index (χ0n) is 11.8. The van der Waals surface area contributed by atoms with E-state index in [1.807, 2.05) is 0 Å². The van der Waals surface area contributed by atoms with E-state index in [-0.39, 0.29) is 30.6 Å². The molecule has 3 N–H and O–H groups in total. The first-order valence-corrected chi connectivity index (χ1v) is 7.15. The van der Waals surface area contributed by atoms with E-state index in [0.29, 0.717) is 18.2 Å². The lowest BCUT2D eigenvalue weighted by Gasteiger charge is -2.11. The molecule has 21 heavy (non-hydrogen) atoms. The number of rotatable bonds is 6. The Labute approximate surface area is 123 Å². The molecule has 0 spiro atoms. The van der Waals surface area contributed by atoms with Gasteiger partial charge in [-0.2, -0.15) is 0 Å². The number of hydrogen-bond acceptors (Lipinski definition) is 3. The van der Waals surface area contributed by atoms with Crippen LogP contribution in [0.4, 0.5) is 4.39 Å². The average molecular weight is 293 g/mol. The first kappa shape index (κ1) is 15.4. The van der Waals surface area contributed by atoms with Crippen LogP contribution in [0.3, 0.4) is 0 Å². The van der Waals surface area contributed by atoms with Crippen LogP contribution in [0.1, 0.15) is 18.4 Å². The third-order valence-electron chi connectivity index (χ3n) is 3.41. The van der Waals surface area contributed by atoms with E-state index in [9.17, 15) is 14.0 Å². The van der Waals surface area contributed by atoms with Gasteiger partial charge in [-0.15, -0.1) is 0 Å². The van der Waals surface area contributed by atoms with E-state index in [0.717, 1.165) is 19.4 Å². The molecule has 0 saturated carbocycles. The van der Waals surface area contributed by atoms with Crippen molar-refractivity contribution in [3.63, 3.8) is 0 Å². The first-order chi connectivity index (χ1) is 10.1. The summed E-state index contributed by atoms with van der Waals surface area (Å²) >= 11 is 0. The van der Waals surface area contributed by atoms with E-state index in [1.165, 1.54) is 12.1 Å². The van der Waals surface area contributed by atoms with E-state index >= 15 is 0 Å². The molecule has 114 valence electrons. The zero-order valence-corrected chi connectivity index (χ0v) is 11.8. The molecule has 1 saturated heterocycles. The highest BCUT2D eigenvalue weighted by atomic mass is 19.1. The standard InChI is InChI=1S/C15H20FN3O2/c16-12-4-1-3-11(7-12)8-14(20)19-10-15(21)18-9-13-5-2-6-17-13/h1,3-4,7,13,17H,2,5-6,8-10H2,(H,18,21)(H,19,20). The quantitative estimate of drug-likeness (QED) is 0.709. The summed E-state index contributed by atoms with van der Waals surface area (Å²) in [6.45, 7) is 1.52. The molecule has 2 rings (SSSR count). The Morgan fingerprint density at radius 2 is 2.14 bits per heavy atom. The van der Waals surface area contributed by atoms with E-state index in [1.54, 1.807) is 12.1 Å². The fourth-order valence-electron chi connectivity index (χ4n) is 2.30. The molecular weight excluding hydrogens is 273 g/mol. The minimum absolute atomic E-state index is 0.0547. The summed E-state index contributed by atoms with van der Waals surface area (Å²) in [5.41, 5.74) is 0.586. The minimum atomic E-state index is -0.373. The van der Waals surface area contributed by atoms with Crippen molar-refractivity contribution in [3.8, 4) is 0 Å². The Balaban J connectivity index is 1.64. The van der Waals surface area contributed by atoms with Gasteiger partial charge < -0.3 is 16.0 Å². The lowest BCUT2D eigenvalue weighted by Crippen LogP contribution is -2.42. The van der Waals surface area contributed by atoms with Crippen molar-refractivity contribution < 1.29 is 14.0 Å². The molecule has 0 radical (unpaired) electrons. The summed E-state index contributed by atoms with van der Waals surface area (Å²) in [4.78, 5) is 23.3. The second-order valence-electron chi connectivity index (χ2n) is 5.18. The molecule has 5 nitrogen and oxygen atoms in total. The van der Waals surface area contributed by atoms with Gasteiger partial charge >= 0.3 is 0 Å². The molecule has 1 aliphatic heterocycles. The molecule has 6 heteroatoms. The van der Waals surface area contributed by atoms with Crippen molar-refractivity contribution in [2.24, 2.45) is 0 Å². The number of hydrogen-bond donors (Lipinski definition) is 3. The highest BCUT2D eigenvalue weighted by Gasteiger charge is 2.14. The highest BCUT2D eigenvalue weighted by molar-refractivity contribution is 5.85. The molecule has 2 amide bonds. The van der Waals surface area contributed by atoms with Gasteiger partial charge in [-0.1, -0.05) is 12.1 Å². The summed E-state index contributed by atoms with van der Waals surface area (Å²) in [7, 11) is 0. The summed E-state index contributed by atoms with van der Waals surface area (Å²) in [5, 5.41) is 8.59. The smallest absolute Gasteiger partial charge is 0.239 e. The van der Waals surface area contributed by atoms with Crippen molar-refractivity contribution in [2.45, 2.75) is 25.3 Å². The number of nitrogens with one attached hydrogen (secondary N) is 3. The molecule has 1 unspecified atom stereocenters. The molecule has 1 fully saturated rings. The van der Waals surface area contributed by atoms with Crippen molar-refractivity contribution in [1.29, 1.82) is 0 Å². The Bertz CT molecular complexity index is 501. The number of benzene rings is 1. The lowest BCUT2D eigenvalue weighted by atomic mass is 10.1. The van der Waals surface area contributed by atoms with Crippen LogP contribution in [0.2, 0.25) is 0 Å². The molecule has 1 aliphatic rings. The maximum absolute atomic E-state index is 13.0. The van der Waals surface area contributed by atoms with Crippen molar-refractivity contribution in [1.82, 2.24) is 16.0 Å². The van der Waals surface area contributed by atoms with Crippen molar-refractivity contribution in [2.75, 3.05) is 19.6 Å². The predicted octanol–water partition coefficient (Wildman–Crippen LogP) is 0.353. The largest absolute Gasteiger partial charge is 0.353 e. The SMILES string of the molecule is O=C(CNC(=O)Cc1cccc(F)c1)NCC1CCCN1. The Morgan fingerprint density at radius 1 is 1.29 bits per heavy atom. The fraction of sp³-hybridized carbons (Fsp3) is 0.467. The topological polar surface area (TPSA) is 70.2 Å². The van der Waals surface area contributed by atoms with Crippen LogP contribution in [-0.2, 0) is 16.0 Å². The second kappa shape index (κ2) is 7.73. The number of carbonyl (C=O) groups is 2. The lowest BCUT2D eigenvalue weighted by molar-refractivity contribution is -0.125. The van der Waals surface area contributed by atoms with Crippen LogP contribution >= 0.6 is 0 Å². The van der Waals surface area contributed by atoms with Gasteiger partial charge in [0.1, 0.15) is 5.82 Å². The normalized spacial score (nSPS) is 17.5. The van der Waals surface area contributed by atoms with E-state index < -0.39 is 0 Å². The summed E-state index contributed by atoms with van der Waals surface area (Å²) in [6, 6.07) is 6.20. The van der Waals surface area contributed by atoms with Crippen LogP contribution < -0.4 is 16.0 Å². The van der Waals surface area contributed by atoms with Gasteiger partial charge in [0, 0.05) is 12.6 Å². The Morgan fingerprint density at radius 3 is 2.86 bits per heavy atom. The van der Waals surface area contributed by atoms with Crippen molar-refractivity contribution >= 4 is 11.8 Å². The van der Waals surface area contributed by atoms with Crippen molar-refractivity contribution in [3.05, 3.63) is 35.6 Å². The van der Waals surface area contributed by atoms with E-state index in [2.05, 4.69) is 16.0 Å². The Hall–Kier alpha value is -1.95. The predicted molar refractivity (Wildman–Crippen MR) is 77.1 cm³/mol. The Kier molecular flexibility index (Phi) is 5.68. The second-order valence-corrected chi connectivity index (χ2v) is 5.18. The molecule has 1 heterocycles. The monoisotopic (exact) mass is 293 g/mol. The summed E-state index contributed by atoms with van der Waals surface area (Å²) in [5.74, 6) is -0.881. The van der Waals surface area contributed by atoms with Gasteiger partial charge in [-0.3, -0.25) is 9.59 Å². The number of carbonyl (C=O) groups excluding carboxylic acids is 2. The average Bonchev–Trinajstić information content (AvgIpc) is 2.96. The molecule has 1 aromatic carbocycles. The van der Waals surface area contributed by atoms with Crippen LogP contribution in [0.25, 0.3) is 0 Å². The van der Waals surface area contributed by atoms with Gasteiger partial charge in [0.15, 0.2) is 0 Å².